The van der Waals surface area contributed by atoms with Gasteiger partial charge in [-0.05, 0) is 38.7 Å². The Balaban J connectivity index is 2.05. The van der Waals surface area contributed by atoms with Gasteiger partial charge >= 0.3 is 5.97 Å². The van der Waals surface area contributed by atoms with Gasteiger partial charge in [-0.1, -0.05) is 36.4 Å². The molecule has 3 nitrogen and oxygen atoms in total. The fourth-order valence-corrected chi connectivity index (χ4v) is 1.76. The highest BCUT2D eigenvalue weighted by Crippen LogP contribution is 2.05. The number of esters is 1. The second-order valence-electron chi connectivity index (χ2n) is 4.64. The van der Waals surface area contributed by atoms with E-state index in [1.54, 1.807) is 6.92 Å². The van der Waals surface area contributed by atoms with Gasteiger partial charge in [0.15, 0.2) is 0 Å². The minimum absolute atomic E-state index is 0.215. The summed E-state index contributed by atoms with van der Waals surface area (Å²) in [5, 5.41) is 0. The Morgan fingerprint density at radius 1 is 1.20 bits per heavy atom. The van der Waals surface area contributed by atoms with Gasteiger partial charge in [-0.25, -0.2) is 4.79 Å². The standard InChI is InChI=1S/C17H24O3/c1-3-20-17(18)15(2)10-6-5-9-13-19-14-16-11-7-4-8-12-16/h4,7-8,10-12H,3,5-6,9,13-14H2,1-2H3/b15-10+. The molecule has 0 radical (unpaired) electrons. The van der Waals surface area contributed by atoms with Crippen LogP contribution in [0.25, 0.3) is 0 Å². The summed E-state index contributed by atoms with van der Waals surface area (Å²) in [4.78, 5) is 11.4. The fourth-order valence-electron chi connectivity index (χ4n) is 1.76. The molecule has 0 bridgehead atoms. The number of rotatable bonds is 9. The number of hydrogen-bond donors (Lipinski definition) is 0. The van der Waals surface area contributed by atoms with E-state index in [0.717, 1.165) is 25.9 Å². The van der Waals surface area contributed by atoms with Gasteiger partial charge in [0.1, 0.15) is 0 Å². The molecule has 0 N–H and O–H groups in total. The third-order valence-electron chi connectivity index (χ3n) is 2.90. The number of allylic oxidation sites excluding steroid dienone is 1. The number of carbonyl (C=O) groups excluding carboxylic acids is 1. The SMILES string of the molecule is CCOC(=O)/C(C)=C/CCCCOCc1ccccc1. The Morgan fingerprint density at radius 2 is 1.95 bits per heavy atom. The van der Waals surface area contributed by atoms with Crippen molar-refractivity contribution in [1.29, 1.82) is 0 Å². The molecule has 0 aliphatic heterocycles. The first-order chi connectivity index (χ1) is 9.74. The zero-order valence-electron chi connectivity index (χ0n) is 12.4. The van der Waals surface area contributed by atoms with Crippen LogP contribution >= 0.6 is 0 Å². The van der Waals surface area contributed by atoms with Crippen LogP contribution in [0.15, 0.2) is 42.0 Å². The quantitative estimate of drug-likeness (QED) is 0.390. The van der Waals surface area contributed by atoms with Crippen LogP contribution in [0, 0.1) is 0 Å². The van der Waals surface area contributed by atoms with Gasteiger partial charge < -0.3 is 9.47 Å². The molecule has 0 heterocycles. The average Bonchev–Trinajstić information content (AvgIpc) is 2.47. The summed E-state index contributed by atoms with van der Waals surface area (Å²) < 4.78 is 10.5. The van der Waals surface area contributed by atoms with Crippen LogP contribution in [0.2, 0.25) is 0 Å². The molecule has 0 unspecified atom stereocenters. The number of unbranched alkanes of at least 4 members (excludes halogenated alkanes) is 2. The van der Waals surface area contributed by atoms with Crippen molar-refractivity contribution < 1.29 is 14.3 Å². The summed E-state index contributed by atoms with van der Waals surface area (Å²) in [6.45, 7) is 5.45. The molecular formula is C17H24O3. The Labute approximate surface area is 121 Å². The molecule has 1 aromatic carbocycles. The van der Waals surface area contributed by atoms with E-state index < -0.39 is 0 Å². The van der Waals surface area contributed by atoms with E-state index in [2.05, 4.69) is 12.1 Å². The van der Waals surface area contributed by atoms with Crippen molar-refractivity contribution in [3.63, 3.8) is 0 Å². The highest BCUT2D eigenvalue weighted by molar-refractivity contribution is 5.87. The second kappa shape index (κ2) is 10.2. The summed E-state index contributed by atoms with van der Waals surface area (Å²) in [5.74, 6) is -0.215. The molecule has 0 atom stereocenters. The third kappa shape index (κ3) is 7.10. The summed E-state index contributed by atoms with van der Waals surface area (Å²) in [5.41, 5.74) is 1.89. The first-order valence-corrected chi connectivity index (χ1v) is 7.19. The Bertz CT molecular complexity index is 410. The number of carbonyl (C=O) groups is 1. The fraction of sp³-hybridized carbons (Fsp3) is 0.471. The minimum Gasteiger partial charge on any atom is -0.463 e. The molecule has 0 aromatic heterocycles. The normalized spacial score (nSPS) is 11.4. The lowest BCUT2D eigenvalue weighted by molar-refractivity contribution is -0.138. The number of hydrogen-bond acceptors (Lipinski definition) is 3. The van der Waals surface area contributed by atoms with Crippen LogP contribution in [-0.4, -0.2) is 19.2 Å². The third-order valence-corrected chi connectivity index (χ3v) is 2.90. The van der Waals surface area contributed by atoms with Crippen LogP contribution in [0.1, 0.15) is 38.7 Å². The van der Waals surface area contributed by atoms with Crippen LogP contribution in [0.3, 0.4) is 0 Å². The predicted molar refractivity (Wildman–Crippen MR) is 80.3 cm³/mol. The smallest absolute Gasteiger partial charge is 0.333 e. The zero-order chi connectivity index (χ0) is 14.6. The topological polar surface area (TPSA) is 35.5 Å². The van der Waals surface area contributed by atoms with E-state index in [-0.39, 0.29) is 5.97 Å². The van der Waals surface area contributed by atoms with E-state index in [0.29, 0.717) is 18.8 Å². The summed E-state index contributed by atoms with van der Waals surface area (Å²) >= 11 is 0. The number of ether oxygens (including phenoxy) is 2. The van der Waals surface area contributed by atoms with Gasteiger partial charge in [0.25, 0.3) is 0 Å². The van der Waals surface area contributed by atoms with Crippen molar-refractivity contribution in [3.8, 4) is 0 Å². The molecule has 3 heteroatoms. The Hall–Kier alpha value is -1.61. The van der Waals surface area contributed by atoms with E-state index in [4.69, 9.17) is 9.47 Å². The molecule has 0 amide bonds. The van der Waals surface area contributed by atoms with Crippen LogP contribution < -0.4 is 0 Å². The highest BCUT2D eigenvalue weighted by atomic mass is 16.5. The Morgan fingerprint density at radius 3 is 2.65 bits per heavy atom. The molecule has 0 fully saturated rings. The van der Waals surface area contributed by atoms with Crippen LogP contribution in [-0.2, 0) is 20.9 Å². The van der Waals surface area contributed by atoms with E-state index in [9.17, 15) is 4.79 Å². The first kappa shape index (κ1) is 16.4. The van der Waals surface area contributed by atoms with Gasteiger partial charge in [0.05, 0.1) is 13.2 Å². The van der Waals surface area contributed by atoms with Gasteiger partial charge in [0, 0.05) is 12.2 Å². The molecule has 0 saturated carbocycles. The lowest BCUT2D eigenvalue weighted by Gasteiger charge is -2.04. The average molecular weight is 276 g/mol. The maximum Gasteiger partial charge on any atom is 0.333 e. The molecule has 20 heavy (non-hydrogen) atoms. The zero-order valence-corrected chi connectivity index (χ0v) is 12.4. The van der Waals surface area contributed by atoms with Crippen LogP contribution in [0.4, 0.5) is 0 Å². The molecule has 0 aliphatic rings. The first-order valence-electron chi connectivity index (χ1n) is 7.19. The molecule has 110 valence electrons. The lowest BCUT2D eigenvalue weighted by atomic mass is 10.2. The molecule has 0 aliphatic carbocycles. The van der Waals surface area contributed by atoms with Crippen molar-refractivity contribution in [2.45, 2.75) is 39.7 Å². The predicted octanol–water partition coefficient (Wildman–Crippen LogP) is 3.88. The summed E-state index contributed by atoms with van der Waals surface area (Å²) in [7, 11) is 0. The monoisotopic (exact) mass is 276 g/mol. The van der Waals surface area contributed by atoms with Gasteiger partial charge in [-0.3, -0.25) is 0 Å². The maximum absolute atomic E-state index is 11.4. The van der Waals surface area contributed by atoms with Gasteiger partial charge in [-0.15, -0.1) is 0 Å². The van der Waals surface area contributed by atoms with Crippen LogP contribution in [0.5, 0.6) is 0 Å². The molecule has 1 aromatic rings. The van der Waals surface area contributed by atoms with E-state index in [1.165, 1.54) is 5.56 Å². The van der Waals surface area contributed by atoms with E-state index in [1.807, 2.05) is 31.2 Å². The maximum atomic E-state index is 11.4. The van der Waals surface area contributed by atoms with Crippen molar-refractivity contribution in [2.24, 2.45) is 0 Å². The van der Waals surface area contributed by atoms with Gasteiger partial charge in [0.2, 0.25) is 0 Å². The molecule has 0 saturated heterocycles. The Kier molecular flexibility index (Phi) is 8.40. The van der Waals surface area contributed by atoms with Gasteiger partial charge in [-0.2, -0.15) is 0 Å². The van der Waals surface area contributed by atoms with E-state index >= 15 is 0 Å². The van der Waals surface area contributed by atoms with Crippen molar-refractivity contribution in [2.75, 3.05) is 13.2 Å². The highest BCUT2D eigenvalue weighted by Gasteiger charge is 2.02. The number of benzene rings is 1. The molecule has 0 spiro atoms. The molecular weight excluding hydrogens is 252 g/mol. The van der Waals surface area contributed by atoms with Crippen molar-refractivity contribution in [3.05, 3.63) is 47.5 Å². The van der Waals surface area contributed by atoms with Crippen molar-refractivity contribution in [1.82, 2.24) is 0 Å². The lowest BCUT2D eigenvalue weighted by Crippen LogP contribution is -2.04. The summed E-state index contributed by atoms with van der Waals surface area (Å²) in [6.07, 6.45) is 4.85. The largest absolute Gasteiger partial charge is 0.463 e. The summed E-state index contributed by atoms with van der Waals surface area (Å²) in [6, 6.07) is 10.2. The molecule has 1 rings (SSSR count). The second-order valence-corrected chi connectivity index (χ2v) is 4.64. The van der Waals surface area contributed by atoms with Crippen molar-refractivity contribution >= 4 is 5.97 Å². The minimum atomic E-state index is -0.215.